The van der Waals surface area contributed by atoms with Crippen LogP contribution in [0.25, 0.3) is 22.3 Å². The van der Waals surface area contributed by atoms with Gasteiger partial charge in [-0.3, -0.25) is 4.98 Å². The molecule has 2 heterocycles. The lowest BCUT2D eigenvalue weighted by Crippen LogP contribution is -2.04. The molecule has 0 bridgehead atoms. The summed E-state index contributed by atoms with van der Waals surface area (Å²) in [5.41, 5.74) is 2.94. The van der Waals surface area contributed by atoms with Crippen LogP contribution in [0.4, 0.5) is 0 Å². The lowest BCUT2D eigenvalue weighted by molar-refractivity contribution is 0.706. The van der Waals surface area contributed by atoms with Crippen LogP contribution in [0.15, 0.2) is 54.7 Å². The third kappa shape index (κ3) is 1.88. The highest BCUT2D eigenvalue weighted by Crippen LogP contribution is 2.29. The molecule has 0 aliphatic heterocycles. The van der Waals surface area contributed by atoms with E-state index in [0.29, 0.717) is 0 Å². The van der Waals surface area contributed by atoms with Crippen LogP contribution in [0.1, 0.15) is 13.0 Å². The standard InChI is InChI=1S/C16H13N3/c1-12(11-17)19-15-8-3-2-6-13(15)10-16(19)14-7-4-5-9-18-14/h2-10,12H,1H3. The van der Waals surface area contributed by atoms with Gasteiger partial charge in [0.05, 0.1) is 17.5 Å². The van der Waals surface area contributed by atoms with Gasteiger partial charge in [0.15, 0.2) is 0 Å². The van der Waals surface area contributed by atoms with E-state index in [1.165, 1.54) is 0 Å². The third-order valence-electron chi connectivity index (χ3n) is 3.25. The van der Waals surface area contributed by atoms with E-state index in [4.69, 9.17) is 0 Å². The summed E-state index contributed by atoms with van der Waals surface area (Å²) in [7, 11) is 0. The van der Waals surface area contributed by atoms with Crippen molar-refractivity contribution >= 4 is 10.9 Å². The third-order valence-corrected chi connectivity index (χ3v) is 3.25. The lowest BCUT2D eigenvalue weighted by Gasteiger charge is -2.12. The van der Waals surface area contributed by atoms with E-state index in [2.05, 4.69) is 23.2 Å². The first kappa shape index (κ1) is 11.5. The van der Waals surface area contributed by atoms with Crippen molar-refractivity contribution in [1.29, 1.82) is 5.26 Å². The number of nitriles is 1. The number of para-hydroxylation sites is 1. The summed E-state index contributed by atoms with van der Waals surface area (Å²) in [6.45, 7) is 1.90. The van der Waals surface area contributed by atoms with Gasteiger partial charge in [0.1, 0.15) is 6.04 Å². The molecule has 1 unspecified atom stereocenters. The van der Waals surface area contributed by atoms with E-state index in [1.807, 2.05) is 47.9 Å². The van der Waals surface area contributed by atoms with Gasteiger partial charge in [0, 0.05) is 17.1 Å². The second-order valence-corrected chi connectivity index (χ2v) is 4.48. The quantitative estimate of drug-likeness (QED) is 0.691. The first-order chi connectivity index (χ1) is 9.31. The monoisotopic (exact) mass is 247 g/mol. The molecule has 19 heavy (non-hydrogen) atoms. The minimum absolute atomic E-state index is 0.225. The van der Waals surface area contributed by atoms with Crippen molar-refractivity contribution < 1.29 is 0 Å². The highest BCUT2D eigenvalue weighted by atomic mass is 15.0. The number of hydrogen-bond donors (Lipinski definition) is 0. The molecule has 1 aromatic carbocycles. The SMILES string of the molecule is CC(C#N)n1c(-c2ccccn2)cc2ccccc21. The van der Waals surface area contributed by atoms with Crippen LogP contribution >= 0.6 is 0 Å². The Kier molecular flexibility index (Phi) is 2.77. The maximum atomic E-state index is 9.25. The number of hydrogen-bond acceptors (Lipinski definition) is 2. The smallest absolute Gasteiger partial charge is 0.118 e. The summed E-state index contributed by atoms with van der Waals surface area (Å²) >= 11 is 0. The van der Waals surface area contributed by atoms with Crippen molar-refractivity contribution in [1.82, 2.24) is 9.55 Å². The molecule has 0 aliphatic carbocycles. The van der Waals surface area contributed by atoms with Crippen molar-refractivity contribution in [2.45, 2.75) is 13.0 Å². The van der Waals surface area contributed by atoms with Gasteiger partial charge < -0.3 is 4.57 Å². The molecule has 3 rings (SSSR count). The fourth-order valence-electron chi connectivity index (χ4n) is 2.36. The summed E-state index contributed by atoms with van der Waals surface area (Å²) in [6, 6.07) is 18.1. The Morgan fingerprint density at radius 1 is 1.16 bits per heavy atom. The molecular weight excluding hydrogens is 234 g/mol. The Bertz CT molecular complexity index is 751. The van der Waals surface area contributed by atoms with Crippen LogP contribution in [0, 0.1) is 11.3 Å². The zero-order chi connectivity index (χ0) is 13.2. The zero-order valence-corrected chi connectivity index (χ0v) is 10.6. The summed E-state index contributed by atoms with van der Waals surface area (Å²) in [5.74, 6) is 0. The van der Waals surface area contributed by atoms with Crippen LogP contribution in [0.5, 0.6) is 0 Å². The first-order valence-electron chi connectivity index (χ1n) is 6.22. The Labute approximate surface area is 111 Å². The van der Waals surface area contributed by atoms with Gasteiger partial charge in [0.2, 0.25) is 0 Å². The van der Waals surface area contributed by atoms with Crippen LogP contribution in [0.2, 0.25) is 0 Å². The number of benzene rings is 1. The fraction of sp³-hybridized carbons (Fsp3) is 0.125. The molecule has 3 aromatic rings. The zero-order valence-electron chi connectivity index (χ0n) is 10.6. The molecular formula is C16H13N3. The van der Waals surface area contributed by atoms with Crippen molar-refractivity contribution in [2.24, 2.45) is 0 Å². The van der Waals surface area contributed by atoms with E-state index in [9.17, 15) is 5.26 Å². The molecule has 0 spiro atoms. The largest absolute Gasteiger partial charge is 0.323 e. The summed E-state index contributed by atoms with van der Waals surface area (Å²) in [4.78, 5) is 4.39. The highest BCUT2D eigenvalue weighted by Gasteiger charge is 2.15. The van der Waals surface area contributed by atoms with Crippen molar-refractivity contribution in [2.75, 3.05) is 0 Å². The normalized spacial score (nSPS) is 12.2. The Morgan fingerprint density at radius 3 is 2.68 bits per heavy atom. The number of rotatable bonds is 2. The van der Waals surface area contributed by atoms with Gasteiger partial charge in [-0.1, -0.05) is 24.3 Å². The number of aromatic nitrogens is 2. The summed E-state index contributed by atoms with van der Waals surface area (Å²) in [6.07, 6.45) is 1.77. The first-order valence-corrected chi connectivity index (χ1v) is 6.22. The molecule has 2 aromatic heterocycles. The van der Waals surface area contributed by atoms with E-state index in [-0.39, 0.29) is 6.04 Å². The van der Waals surface area contributed by atoms with Crippen LogP contribution in [0.3, 0.4) is 0 Å². The second-order valence-electron chi connectivity index (χ2n) is 4.48. The Morgan fingerprint density at radius 2 is 1.95 bits per heavy atom. The van der Waals surface area contributed by atoms with Gasteiger partial charge in [0.25, 0.3) is 0 Å². The second kappa shape index (κ2) is 4.58. The van der Waals surface area contributed by atoms with Gasteiger partial charge in [-0.2, -0.15) is 5.26 Å². The van der Waals surface area contributed by atoms with E-state index in [1.54, 1.807) is 6.20 Å². The summed E-state index contributed by atoms with van der Waals surface area (Å²) < 4.78 is 2.04. The van der Waals surface area contributed by atoms with Crippen LogP contribution in [-0.4, -0.2) is 9.55 Å². The van der Waals surface area contributed by atoms with E-state index < -0.39 is 0 Å². The van der Waals surface area contributed by atoms with E-state index >= 15 is 0 Å². The average molecular weight is 247 g/mol. The summed E-state index contributed by atoms with van der Waals surface area (Å²) in [5, 5.41) is 10.4. The van der Waals surface area contributed by atoms with Crippen LogP contribution in [-0.2, 0) is 0 Å². The van der Waals surface area contributed by atoms with E-state index in [0.717, 1.165) is 22.3 Å². The number of pyridine rings is 1. The molecule has 3 heteroatoms. The molecule has 1 atom stereocenters. The molecule has 0 saturated heterocycles. The highest BCUT2D eigenvalue weighted by molar-refractivity contribution is 5.86. The topological polar surface area (TPSA) is 41.6 Å². The molecule has 0 aliphatic rings. The Hall–Kier alpha value is -2.60. The number of fused-ring (bicyclic) bond motifs is 1. The lowest BCUT2D eigenvalue weighted by atomic mass is 10.2. The van der Waals surface area contributed by atoms with Gasteiger partial charge in [-0.05, 0) is 31.2 Å². The molecule has 0 fully saturated rings. The van der Waals surface area contributed by atoms with Crippen LogP contribution < -0.4 is 0 Å². The molecule has 0 radical (unpaired) electrons. The molecule has 92 valence electrons. The van der Waals surface area contributed by atoms with Crippen molar-refractivity contribution in [3.05, 3.63) is 54.7 Å². The average Bonchev–Trinajstić information content (AvgIpc) is 2.87. The van der Waals surface area contributed by atoms with Gasteiger partial charge >= 0.3 is 0 Å². The Balaban J connectivity index is 2.33. The molecule has 0 N–H and O–H groups in total. The maximum absolute atomic E-state index is 9.25. The maximum Gasteiger partial charge on any atom is 0.118 e. The molecule has 3 nitrogen and oxygen atoms in total. The predicted octanol–water partition coefficient (Wildman–Crippen LogP) is 3.79. The molecule has 0 saturated carbocycles. The minimum atomic E-state index is -0.225. The molecule has 0 amide bonds. The predicted molar refractivity (Wildman–Crippen MR) is 75.5 cm³/mol. The minimum Gasteiger partial charge on any atom is -0.323 e. The van der Waals surface area contributed by atoms with Gasteiger partial charge in [-0.25, -0.2) is 0 Å². The van der Waals surface area contributed by atoms with Crippen molar-refractivity contribution in [3.63, 3.8) is 0 Å². The van der Waals surface area contributed by atoms with Crippen molar-refractivity contribution in [3.8, 4) is 17.5 Å². The fourth-order valence-corrected chi connectivity index (χ4v) is 2.36. The number of nitrogens with zero attached hydrogens (tertiary/aromatic N) is 3. The van der Waals surface area contributed by atoms with Gasteiger partial charge in [-0.15, -0.1) is 0 Å².